The van der Waals surface area contributed by atoms with Gasteiger partial charge < -0.3 is 9.47 Å². The SMILES string of the molecule is C=CCC[C@@]1(C)OC(=O)C=C1OCC1C=CCCC1. The number of carbonyl (C=O) groups excluding carboxylic acids is 1. The molecule has 2 rings (SSSR count). The second kappa shape index (κ2) is 6.09. The summed E-state index contributed by atoms with van der Waals surface area (Å²) in [5, 5.41) is 0. The highest BCUT2D eigenvalue weighted by atomic mass is 16.6. The van der Waals surface area contributed by atoms with Crippen LogP contribution in [-0.2, 0) is 14.3 Å². The lowest BCUT2D eigenvalue weighted by molar-refractivity contribution is -0.147. The van der Waals surface area contributed by atoms with E-state index < -0.39 is 5.60 Å². The van der Waals surface area contributed by atoms with Crippen LogP contribution in [-0.4, -0.2) is 18.2 Å². The summed E-state index contributed by atoms with van der Waals surface area (Å²) in [5.74, 6) is 0.813. The lowest BCUT2D eigenvalue weighted by Gasteiger charge is -2.27. The maximum absolute atomic E-state index is 11.5. The van der Waals surface area contributed by atoms with Crippen LogP contribution in [0.2, 0.25) is 0 Å². The Kier molecular flexibility index (Phi) is 4.46. The van der Waals surface area contributed by atoms with E-state index in [0.717, 1.165) is 19.3 Å². The van der Waals surface area contributed by atoms with E-state index in [2.05, 4.69) is 18.7 Å². The van der Waals surface area contributed by atoms with Gasteiger partial charge in [-0.1, -0.05) is 18.2 Å². The maximum atomic E-state index is 11.5. The maximum Gasteiger partial charge on any atom is 0.335 e. The highest BCUT2D eigenvalue weighted by Crippen LogP contribution is 2.34. The molecular weight excluding hydrogens is 240 g/mol. The Morgan fingerprint density at radius 3 is 3.16 bits per heavy atom. The van der Waals surface area contributed by atoms with E-state index in [1.54, 1.807) is 0 Å². The van der Waals surface area contributed by atoms with Gasteiger partial charge in [-0.15, -0.1) is 6.58 Å². The molecule has 3 heteroatoms. The number of ether oxygens (including phenoxy) is 2. The number of hydrogen-bond acceptors (Lipinski definition) is 3. The van der Waals surface area contributed by atoms with E-state index in [-0.39, 0.29) is 5.97 Å². The zero-order valence-corrected chi connectivity index (χ0v) is 11.6. The Balaban J connectivity index is 1.94. The molecule has 104 valence electrons. The summed E-state index contributed by atoms with van der Waals surface area (Å²) in [4.78, 5) is 11.5. The van der Waals surface area contributed by atoms with Crippen LogP contribution in [0.1, 0.15) is 39.0 Å². The lowest BCUT2D eigenvalue weighted by Crippen LogP contribution is -2.30. The topological polar surface area (TPSA) is 35.5 Å². The molecule has 0 spiro atoms. The van der Waals surface area contributed by atoms with E-state index in [4.69, 9.17) is 9.47 Å². The van der Waals surface area contributed by atoms with Crippen molar-refractivity contribution < 1.29 is 14.3 Å². The molecule has 1 unspecified atom stereocenters. The van der Waals surface area contributed by atoms with Crippen molar-refractivity contribution in [3.63, 3.8) is 0 Å². The van der Waals surface area contributed by atoms with E-state index in [1.807, 2.05) is 13.0 Å². The van der Waals surface area contributed by atoms with Crippen molar-refractivity contribution >= 4 is 5.97 Å². The molecule has 0 aromatic heterocycles. The third kappa shape index (κ3) is 3.49. The first-order valence-corrected chi connectivity index (χ1v) is 6.99. The minimum Gasteiger partial charge on any atom is -0.493 e. The third-order valence-corrected chi connectivity index (χ3v) is 3.73. The van der Waals surface area contributed by atoms with Crippen molar-refractivity contribution in [2.45, 2.75) is 44.6 Å². The third-order valence-electron chi connectivity index (χ3n) is 3.73. The molecule has 0 saturated heterocycles. The van der Waals surface area contributed by atoms with Crippen LogP contribution in [0, 0.1) is 5.92 Å². The van der Waals surface area contributed by atoms with Gasteiger partial charge in [0.1, 0.15) is 5.76 Å². The Morgan fingerprint density at radius 2 is 2.47 bits per heavy atom. The van der Waals surface area contributed by atoms with Crippen LogP contribution in [0.25, 0.3) is 0 Å². The van der Waals surface area contributed by atoms with Gasteiger partial charge in [0, 0.05) is 5.92 Å². The van der Waals surface area contributed by atoms with E-state index in [1.165, 1.54) is 12.5 Å². The van der Waals surface area contributed by atoms with Crippen LogP contribution >= 0.6 is 0 Å². The average Bonchev–Trinajstić information content (AvgIpc) is 2.70. The normalized spacial score (nSPS) is 29.8. The molecule has 3 nitrogen and oxygen atoms in total. The van der Waals surface area contributed by atoms with Gasteiger partial charge >= 0.3 is 5.97 Å². The van der Waals surface area contributed by atoms with Crippen molar-refractivity contribution in [3.05, 3.63) is 36.6 Å². The van der Waals surface area contributed by atoms with Gasteiger partial charge in [0.25, 0.3) is 0 Å². The lowest BCUT2D eigenvalue weighted by atomic mass is 9.96. The number of cyclic esters (lactones) is 1. The number of rotatable bonds is 6. The predicted molar refractivity (Wildman–Crippen MR) is 74.4 cm³/mol. The number of allylic oxidation sites excluding steroid dienone is 2. The summed E-state index contributed by atoms with van der Waals surface area (Å²) < 4.78 is 11.2. The quantitative estimate of drug-likeness (QED) is 0.542. The van der Waals surface area contributed by atoms with Crippen molar-refractivity contribution in [1.82, 2.24) is 0 Å². The van der Waals surface area contributed by atoms with Crippen molar-refractivity contribution in [3.8, 4) is 0 Å². The first-order valence-electron chi connectivity index (χ1n) is 6.99. The van der Waals surface area contributed by atoms with Gasteiger partial charge in [0.2, 0.25) is 0 Å². The molecule has 0 bridgehead atoms. The second-order valence-corrected chi connectivity index (χ2v) is 5.42. The zero-order chi connectivity index (χ0) is 13.7. The summed E-state index contributed by atoms with van der Waals surface area (Å²) >= 11 is 0. The highest BCUT2D eigenvalue weighted by molar-refractivity contribution is 5.86. The molecule has 0 aromatic rings. The van der Waals surface area contributed by atoms with E-state index in [0.29, 0.717) is 24.7 Å². The van der Waals surface area contributed by atoms with Crippen LogP contribution in [0.3, 0.4) is 0 Å². The minimum atomic E-state index is -0.621. The monoisotopic (exact) mass is 262 g/mol. The van der Waals surface area contributed by atoms with Gasteiger partial charge in [-0.3, -0.25) is 0 Å². The summed E-state index contributed by atoms with van der Waals surface area (Å²) in [7, 11) is 0. The highest BCUT2D eigenvalue weighted by Gasteiger charge is 2.40. The second-order valence-electron chi connectivity index (χ2n) is 5.42. The van der Waals surface area contributed by atoms with Crippen molar-refractivity contribution in [1.29, 1.82) is 0 Å². The average molecular weight is 262 g/mol. The molecule has 1 aliphatic carbocycles. The largest absolute Gasteiger partial charge is 0.493 e. The van der Waals surface area contributed by atoms with Gasteiger partial charge in [-0.25, -0.2) is 4.79 Å². The summed E-state index contributed by atoms with van der Waals surface area (Å²) in [6, 6.07) is 0. The zero-order valence-electron chi connectivity index (χ0n) is 11.6. The van der Waals surface area contributed by atoms with Crippen molar-refractivity contribution in [2.24, 2.45) is 5.92 Å². The fraction of sp³-hybridized carbons (Fsp3) is 0.562. The van der Waals surface area contributed by atoms with Crippen LogP contribution in [0.4, 0.5) is 0 Å². The molecule has 0 aromatic carbocycles. The molecule has 2 aliphatic rings. The molecule has 0 amide bonds. The molecule has 0 radical (unpaired) electrons. The van der Waals surface area contributed by atoms with Crippen molar-refractivity contribution in [2.75, 3.05) is 6.61 Å². The first-order chi connectivity index (χ1) is 9.14. The number of esters is 1. The summed E-state index contributed by atoms with van der Waals surface area (Å²) in [6.07, 6.45) is 12.8. The van der Waals surface area contributed by atoms with E-state index >= 15 is 0 Å². The smallest absolute Gasteiger partial charge is 0.335 e. The van der Waals surface area contributed by atoms with Crippen LogP contribution < -0.4 is 0 Å². The predicted octanol–water partition coefficient (Wildman–Crippen LogP) is 3.52. The van der Waals surface area contributed by atoms with E-state index in [9.17, 15) is 4.79 Å². The molecule has 0 fully saturated rings. The minimum absolute atomic E-state index is 0.305. The summed E-state index contributed by atoms with van der Waals surface area (Å²) in [5.41, 5.74) is -0.621. The van der Waals surface area contributed by atoms with Gasteiger partial charge in [0.05, 0.1) is 12.7 Å². The van der Waals surface area contributed by atoms with Gasteiger partial charge in [-0.2, -0.15) is 0 Å². The Hall–Kier alpha value is -1.51. The number of hydrogen-bond donors (Lipinski definition) is 0. The molecular formula is C16H22O3. The fourth-order valence-corrected chi connectivity index (χ4v) is 2.53. The molecule has 1 aliphatic heterocycles. The number of carbonyl (C=O) groups is 1. The fourth-order valence-electron chi connectivity index (χ4n) is 2.53. The Labute approximate surface area is 115 Å². The van der Waals surface area contributed by atoms with Crippen LogP contribution in [0.15, 0.2) is 36.6 Å². The first kappa shape index (κ1) is 13.9. The molecule has 1 heterocycles. The van der Waals surface area contributed by atoms with Gasteiger partial charge in [-0.05, 0) is 39.0 Å². The standard InChI is InChI=1S/C16H22O3/c1-3-4-10-16(2)14(11-15(17)19-16)18-12-13-8-6-5-7-9-13/h3,6,8,11,13H,1,4-5,7,9-10,12H2,2H3/t13?,16-/m1/s1. The summed E-state index contributed by atoms with van der Waals surface area (Å²) in [6.45, 7) is 6.24. The molecule has 0 saturated carbocycles. The van der Waals surface area contributed by atoms with Gasteiger partial charge in [0.15, 0.2) is 5.60 Å². The Bertz CT molecular complexity index is 408. The molecule has 2 atom stereocenters. The van der Waals surface area contributed by atoms with Crippen LogP contribution in [0.5, 0.6) is 0 Å². The molecule has 19 heavy (non-hydrogen) atoms. The Morgan fingerprint density at radius 1 is 1.63 bits per heavy atom. The molecule has 0 N–H and O–H groups in total.